The Labute approximate surface area is 131 Å². The van der Waals surface area contributed by atoms with Crippen molar-refractivity contribution in [3.8, 4) is 23.8 Å². The molecule has 0 saturated heterocycles. The summed E-state index contributed by atoms with van der Waals surface area (Å²) in [5.41, 5.74) is -1.13. The van der Waals surface area contributed by atoms with Crippen LogP contribution in [0.15, 0.2) is 48.5 Å². The second kappa shape index (κ2) is 6.23. The van der Waals surface area contributed by atoms with Crippen LogP contribution in [-0.4, -0.2) is 18.6 Å². The molecule has 0 amide bonds. The number of rotatable bonds is 4. The second-order valence-electron chi connectivity index (χ2n) is 4.66. The van der Waals surface area contributed by atoms with Gasteiger partial charge in [-0.05, 0) is 24.3 Å². The fourth-order valence-electron chi connectivity index (χ4n) is 2.06. The van der Waals surface area contributed by atoms with Crippen molar-refractivity contribution in [2.24, 2.45) is 0 Å². The molecule has 2 aromatic carbocycles. The van der Waals surface area contributed by atoms with E-state index in [1.54, 1.807) is 24.3 Å². The van der Waals surface area contributed by atoms with E-state index in [0.717, 1.165) is 12.1 Å². The van der Waals surface area contributed by atoms with Gasteiger partial charge >= 0.3 is 6.36 Å². The van der Waals surface area contributed by atoms with Crippen LogP contribution < -0.4 is 9.47 Å². The first kappa shape index (κ1) is 16.7. The Balaban J connectivity index is 2.34. The molecule has 1 N–H and O–H groups in total. The number of alkyl halides is 3. The SMILES string of the molecule is C#CC(O)(c1ccc(OC)cc1)c1ccc(OC(F)(F)F)cc1. The molecule has 1 atom stereocenters. The van der Waals surface area contributed by atoms with Gasteiger partial charge in [-0.15, -0.1) is 19.6 Å². The third-order valence-electron chi connectivity index (χ3n) is 3.22. The topological polar surface area (TPSA) is 38.7 Å². The van der Waals surface area contributed by atoms with E-state index in [-0.39, 0.29) is 5.56 Å². The van der Waals surface area contributed by atoms with Gasteiger partial charge in [-0.3, -0.25) is 0 Å². The zero-order chi connectivity index (χ0) is 17.1. The van der Waals surface area contributed by atoms with Crippen LogP contribution in [0.4, 0.5) is 13.2 Å². The number of hydrogen-bond acceptors (Lipinski definition) is 3. The van der Waals surface area contributed by atoms with Crippen LogP contribution in [0.2, 0.25) is 0 Å². The number of ether oxygens (including phenoxy) is 2. The van der Waals surface area contributed by atoms with Crippen molar-refractivity contribution >= 4 is 0 Å². The van der Waals surface area contributed by atoms with E-state index >= 15 is 0 Å². The first-order valence-corrected chi connectivity index (χ1v) is 6.49. The normalized spacial score (nSPS) is 13.7. The molecule has 120 valence electrons. The highest BCUT2D eigenvalue weighted by molar-refractivity contribution is 5.46. The minimum Gasteiger partial charge on any atom is -0.497 e. The van der Waals surface area contributed by atoms with Gasteiger partial charge in [0, 0.05) is 11.1 Å². The van der Waals surface area contributed by atoms with E-state index in [0.29, 0.717) is 11.3 Å². The number of terminal acetylenes is 1. The van der Waals surface area contributed by atoms with E-state index in [2.05, 4.69) is 10.7 Å². The monoisotopic (exact) mass is 322 g/mol. The Hall–Kier alpha value is -2.65. The Morgan fingerprint density at radius 2 is 1.35 bits per heavy atom. The molecule has 0 radical (unpaired) electrons. The third kappa shape index (κ3) is 3.76. The highest BCUT2D eigenvalue weighted by Gasteiger charge is 2.32. The van der Waals surface area contributed by atoms with Gasteiger partial charge < -0.3 is 14.6 Å². The fourth-order valence-corrected chi connectivity index (χ4v) is 2.06. The standard InChI is InChI=1S/C17H13F3O3/c1-3-16(21,12-4-8-14(22-2)9-5-12)13-6-10-15(11-7-13)23-17(18,19)20/h1,4-11,21H,2H3. The van der Waals surface area contributed by atoms with Gasteiger partial charge in [-0.2, -0.15) is 0 Å². The average molecular weight is 322 g/mol. The zero-order valence-electron chi connectivity index (χ0n) is 12.1. The molecule has 0 aliphatic heterocycles. The lowest BCUT2D eigenvalue weighted by atomic mass is 9.87. The summed E-state index contributed by atoms with van der Waals surface area (Å²) in [5.74, 6) is 2.46. The summed E-state index contributed by atoms with van der Waals surface area (Å²) in [5, 5.41) is 10.7. The van der Waals surface area contributed by atoms with Gasteiger partial charge in [0.1, 0.15) is 11.5 Å². The first-order chi connectivity index (χ1) is 10.8. The molecule has 6 heteroatoms. The number of benzene rings is 2. The fraction of sp³-hybridized carbons (Fsp3) is 0.176. The molecule has 1 unspecified atom stereocenters. The van der Waals surface area contributed by atoms with Crippen LogP contribution in [0, 0.1) is 12.3 Å². The summed E-state index contributed by atoms with van der Waals surface area (Å²) in [6.45, 7) is 0. The minimum atomic E-state index is -4.78. The Kier molecular flexibility index (Phi) is 4.52. The van der Waals surface area contributed by atoms with Crippen molar-refractivity contribution in [1.29, 1.82) is 0 Å². The summed E-state index contributed by atoms with van der Waals surface area (Å²) in [7, 11) is 1.50. The van der Waals surface area contributed by atoms with E-state index in [1.807, 2.05) is 0 Å². The van der Waals surface area contributed by atoms with Gasteiger partial charge in [0.05, 0.1) is 7.11 Å². The summed E-state index contributed by atoms with van der Waals surface area (Å²) in [6, 6.07) is 11.2. The van der Waals surface area contributed by atoms with Gasteiger partial charge in [-0.1, -0.05) is 30.2 Å². The average Bonchev–Trinajstić information content (AvgIpc) is 2.53. The van der Waals surface area contributed by atoms with Crippen molar-refractivity contribution in [3.63, 3.8) is 0 Å². The largest absolute Gasteiger partial charge is 0.573 e. The van der Waals surface area contributed by atoms with E-state index in [1.165, 1.54) is 19.2 Å². The molecular weight excluding hydrogens is 309 g/mol. The lowest BCUT2D eigenvalue weighted by Gasteiger charge is -2.24. The van der Waals surface area contributed by atoms with Crippen molar-refractivity contribution < 1.29 is 27.8 Å². The number of methoxy groups -OCH3 is 1. The lowest BCUT2D eigenvalue weighted by molar-refractivity contribution is -0.274. The molecular formula is C17H13F3O3. The molecule has 2 rings (SSSR count). The molecule has 0 aromatic heterocycles. The maximum Gasteiger partial charge on any atom is 0.573 e. The molecule has 23 heavy (non-hydrogen) atoms. The zero-order valence-corrected chi connectivity index (χ0v) is 12.1. The highest BCUT2D eigenvalue weighted by Crippen LogP contribution is 2.32. The number of halogens is 3. The van der Waals surface area contributed by atoms with Crippen LogP contribution >= 0.6 is 0 Å². The van der Waals surface area contributed by atoms with Crippen LogP contribution in [0.25, 0.3) is 0 Å². The van der Waals surface area contributed by atoms with Gasteiger partial charge in [0.15, 0.2) is 5.60 Å². The first-order valence-electron chi connectivity index (χ1n) is 6.49. The smallest absolute Gasteiger partial charge is 0.497 e. The van der Waals surface area contributed by atoms with Crippen molar-refractivity contribution in [2.75, 3.05) is 7.11 Å². The van der Waals surface area contributed by atoms with Crippen molar-refractivity contribution in [2.45, 2.75) is 12.0 Å². The molecule has 0 fully saturated rings. The summed E-state index contributed by atoms with van der Waals surface area (Å²) >= 11 is 0. The Morgan fingerprint density at radius 3 is 1.70 bits per heavy atom. The Bertz CT molecular complexity index is 700. The molecule has 2 aromatic rings. The van der Waals surface area contributed by atoms with E-state index in [4.69, 9.17) is 11.2 Å². The number of hydrogen-bond donors (Lipinski definition) is 1. The van der Waals surface area contributed by atoms with Gasteiger partial charge in [0.2, 0.25) is 0 Å². The molecule has 0 spiro atoms. The summed E-state index contributed by atoms with van der Waals surface area (Å²) in [6.07, 6.45) is 0.661. The molecule has 0 aliphatic carbocycles. The van der Waals surface area contributed by atoms with E-state index in [9.17, 15) is 18.3 Å². The van der Waals surface area contributed by atoms with Crippen LogP contribution in [-0.2, 0) is 5.60 Å². The summed E-state index contributed by atoms with van der Waals surface area (Å²) < 4.78 is 45.3. The van der Waals surface area contributed by atoms with Crippen LogP contribution in [0.5, 0.6) is 11.5 Å². The maximum absolute atomic E-state index is 12.2. The predicted octanol–water partition coefficient (Wildman–Crippen LogP) is 3.46. The quantitative estimate of drug-likeness (QED) is 0.876. The van der Waals surface area contributed by atoms with Crippen LogP contribution in [0.1, 0.15) is 11.1 Å². The summed E-state index contributed by atoms with van der Waals surface area (Å²) in [4.78, 5) is 0. The van der Waals surface area contributed by atoms with Crippen molar-refractivity contribution in [1.82, 2.24) is 0 Å². The highest BCUT2D eigenvalue weighted by atomic mass is 19.4. The Morgan fingerprint density at radius 1 is 0.913 bits per heavy atom. The van der Waals surface area contributed by atoms with Gasteiger partial charge in [0.25, 0.3) is 0 Å². The molecule has 0 heterocycles. The molecule has 0 bridgehead atoms. The molecule has 0 saturated carbocycles. The predicted molar refractivity (Wildman–Crippen MR) is 78.0 cm³/mol. The number of aliphatic hydroxyl groups is 1. The molecule has 0 aliphatic rings. The third-order valence-corrected chi connectivity index (χ3v) is 3.22. The maximum atomic E-state index is 12.2. The van der Waals surface area contributed by atoms with Crippen LogP contribution in [0.3, 0.4) is 0 Å². The minimum absolute atomic E-state index is 0.250. The van der Waals surface area contributed by atoms with Gasteiger partial charge in [-0.25, -0.2) is 0 Å². The van der Waals surface area contributed by atoms with E-state index < -0.39 is 17.7 Å². The lowest BCUT2D eigenvalue weighted by Crippen LogP contribution is -2.25. The van der Waals surface area contributed by atoms with Crippen molar-refractivity contribution in [3.05, 3.63) is 59.7 Å². The molecule has 3 nitrogen and oxygen atoms in total. The second-order valence-corrected chi connectivity index (χ2v) is 4.66.